The topological polar surface area (TPSA) is 95.9 Å². The Morgan fingerprint density at radius 2 is 1.87 bits per heavy atom. The number of rotatable bonds is 7. The third-order valence-corrected chi connectivity index (χ3v) is 6.96. The molecule has 2 aliphatic rings. The normalized spacial score (nSPS) is 28.8. The second kappa shape index (κ2) is 10.2. The molecular formula is C22H34N2O5S. The van der Waals surface area contributed by atoms with E-state index in [9.17, 15) is 18.3 Å². The smallest absolute Gasteiger partial charge is 0.251 e. The maximum Gasteiger partial charge on any atom is 0.251 e. The van der Waals surface area contributed by atoms with Gasteiger partial charge in [-0.2, -0.15) is 0 Å². The molecule has 3 rings (SSSR count). The molecule has 1 aliphatic carbocycles. The van der Waals surface area contributed by atoms with E-state index < -0.39 is 28.2 Å². The monoisotopic (exact) mass is 438 g/mol. The Kier molecular flexibility index (Phi) is 7.90. The summed E-state index contributed by atoms with van der Waals surface area (Å²) in [5, 5.41) is 9.79. The van der Waals surface area contributed by atoms with Gasteiger partial charge in [0.2, 0.25) is 10.0 Å². The van der Waals surface area contributed by atoms with Crippen LogP contribution in [0.3, 0.4) is 0 Å². The van der Waals surface area contributed by atoms with Gasteiger partial charge in [-0.3, -0.25) is 4.79 Å². The maximum absolute atomic E-state index is 12.5. The van der Waals surface area contributed by atoms with Crippen molar-refractivity contribution in [2.75, 3.05) is 19.4 Å². The lowest BCUT2D eigenvalue weighted by Crippen LogP contribution is -2.60. The van der Waals surface area contributed by atoms with Crippen LogP contribution >= 0.6 is 0 Å². The summed E-state index contributed by atoms with van der Waals surface area (Å²) in [7, 11) is -3.41. The van der Waals surface area contributed by atoms with Crippen molar-refractivity contribution in [3.63, 3.8) is 0 Å². The van der Waals surface area contributed by atoms with E-state index in [1.54, 1.807) is 4.90 Å². The number of hydrogen-bond acceptors (Lipinski definition) is 5. The predicted octanol–water partition coefficient (Wildman–Crippen LogP) is 2.02. The van der Waals surface area contributed by atoms with Gasteiger partial charge in [0.25, 0.3) is 5.91 Å². The molecule has 30 heavy (non-hydrogen) atoms. The molecular weight excluding hydrogens is 404 g/mol. The molecule has 0 unspecified atom stereocenters. The van der Waals surface area contributed by atoms with Crippen LogP contribution in [0.1, 0.15) is 56.9 Å². The highest BCUT2D eigenvalue weighted by Gasteiger charge is 2.37. The zero-order chi connectivity index (χ0) is 21.7. The van der Waals surface area contributed by atoms with Crippen LogP contribution in [0.15, 0.2) is 30.3 Å². The van der Waals surface area contributed by atoms with Crippen molar-refractivity contribution in [2.24, 2.45) is 0 Å². The molecule has 0 aromatic heterocycles. The van der Waals surface area contributed by atoms with Crippen molar-refractivity contribution < 1.29 is 23.1 Å². The minimum absolute atomic E-state index is 0.106. The summed E-state index contributed by atoms with van der Waals surface area (Å²) in [6.07, 6.45) is 5.45. The average Bonchev–Trinajstić information content (AvgIpc) is 2.72. The van der Waals surface area contributed by atoms with E-state index in [0.29, 0.717) is 25.3 Å². The number of carbonyl (C=O) groups is 1. The summed E-state index contributed by atoms with van der Waals surface area (Å²) in [6.45, 7) is 2.21. The number of benzene rings is 1. The number of hydrogen-bond donors (Lipinski definition) is 2. The summed E-state index contributed by atoms with van der Waals surface area (Å²) in [6, 6.07) is 9.71. The predicted molar refractivity (Wildman–Crippen MR) is 116 cm³/mol. The van der Waals surface area contributed by atoms with E-state index in [2.05, 4.69) is 29.0 Å². The first-order valence-electron chi connectivity index (χ1n) is 10.9. The van der Waals surface area contributed by atoms with Crippen LogP contribution in [0.4, 0.5) is 0 Å². The molecule has 2 fully saturated rings. The molecule has 168 valence electrons. The van der Waals surface area contributed by atoms with E-state index in [-0.39, 0.29) is 18.6 Å². The molecule has 0 spiro atoms. The van der Waals surface area contributed by atoms with Gasteiger partial charge in [0.1, 0.15) is 6.10 Å². The van der Waals surface area contributed by atoms with Gasteiger partial charge in [-0.25, -0.2) is 13.1 Å². The summed E-state index contributed by atoms with van der Waals surface area (Å²) < 4.78 is 32.5. The van der Waals surface area contributed by atoms with Crippen LogP contribution in [-0.2, 0) is 19.6 Å². The van der Waals surface area contributed by atoms with Crippen LogP contribution in [0, 0.1) is 0 Å². The van der Waals surface area contributed by atoms with Gasteiger partial charge in [-0.05, 0) is 56.9 Å². The molecule has 3 atom stereocenters. The Labute approximate surface area is 179 Å². The number of amides is 1. The van der Waals surface area contributed by atoms with Gasteiger partial charge in [-0.15, -0.1) is 0 Å². The van der Waals surface area contributed by atoms with Gasteiger partial charge in [-0.1, -0.05) is 30.3 Å². The molecule has 7 nitrogen and oxygen atoms in total. The van der Waals surface area contributed by atoms with Crippen molar-refractivity contribution in [3.05, 3.63) is 35.9 Å². The number of aliphatic hydroxyl groups is 1. The van der Waals surface area contributed by atoms with Gasteiger partial charge in [0.15, 0.2) is 0 Å². The van der Waals surface area contributed by atoms with E-state index in [0.717, 1.165) is 31.9 Å². The van der Waals surface area contributed by atoms with Crippen molar-refractivity contribution in [3.8, 4) is 0 Å². The third-order valence-electron chi connectivity index (χ3n) is 6.23. The van der Waals surface area contributed by atoms with Gasteiger partial charge in [0.05, 0.1) is 25.0 Å². The molecule has 1 aromatic carbocycles. The van der Waals surface area contributed by atoms with Crippen LogP contribution in [0.2, 0.25) is 0 Å². The number of piperidine rings is 1. The summed E-state index contributed by atoms with van der Waals surface area (Å²) in [5.41, 5.74) is 1.37. The number of sulfonamides is 1. The summed E-state index contributed by atoms with van der Waals surface area (Å²) in [5.74, 6) is 0.171. The molecule has 2 N–H and O–H groups in total. The second-order valence-electron chi connectivity index (χ2n) is 8.63. The Morgan fingerprint density at radius 1 is 1.20 bits per heavy atom. The zero-order valence-electron chi connectivity index (χ0n) is 17.9. The lowest BCUT2D eigenvalue weighted by molar-refractivity contribution is -0.146. The standard InChI is InChI=1S/C22H34N2O5S/c1-16(25)22(26)24-14-6-9-20(23-30(2,27)28)21(24)15-29-19-12-10-18(11-13-19)17-7-4-3-5-8-17/h3-5,7-8,16,18-21,23,25H,6,9-15H2,1-2H3/t16-,18?,19?,20-,21-/m0/s1. The van der Waals surface area contributed by atoms with E-state index in [1.165, 1.54) is 12.5 Å². The van der Waals surface area contributed by atoms with Crippen LogP contribution in [-0.4, -0.2) is 68.0 Å². The van der Waals surface area contributed by atoms with Crippen LogP contribution < -0.4 is 4.72 Å². The molecule has 0 radical (unpaired) electrons. The van der Waals surface area contributed by atoms with Gasteiger partial charge < -0.3 is 14.7 Å². The van der Waals surface area contributed by atoms with E-state index in [1.807, 2.05) is 6.07 Å². The Morgan fingerprint density at radius 3 is 2.47 bits per heavy atom. The van der Waals surface area contributed by atoms with Gasteiger partial charge in [0, 0.05) is 12.6 Å². The third kappa shape index (κ3) is 6.26. The highest BCUT2D eigenvalue weighted by atomic mass is 32.2. The summed E-state index contributed by atoms with van der Waals surface area (Å²) in [4.78, 5) is 14.1. The lowest BCUT2D eigenvalue weighted by atomic mass is 9.83. The Hall–Kier alpha value is -1.48. The molecule has 1 aromatic rings. The number of carbonyl (C=O) groups excluding carboxylic acids is 1. The first-order valence-corrected chi connectivity index (χ1v) is 12.8. The first kappa shape index (κ1) is 23.2. The second-order valence-corrected chi connectivity index (χ2v) is 10.4. The number of aliphatic hydroxyl groups excluding tert-OH is 1. The number of nitrogens with one attached hydrogen (secondary N) is 1. The molecule has 1 heterocycles. The average molecular weight is 439 g/mol. The van der Waals surface area contributed by atoms with Crippen LogP contribution in [0.25, 0.3) is 0 Å². The molecule has 1 aliphatic heterocycles. The highest BCUT2D eigenvalue weighted by Crippen LogP contribution is 2.34. The fraction of sp³-hybridized carbons (Fsp3) is 0.682. The zero-order valence-corrected chi connectivity index (χ0v) is 18.7. The molecule has 1 amide bonds. The Balaban J connectivity index is 1.61. The quantitative estimate of drug-likeness (QED) is 0.679. The first-order chi connectivity index (χ1) is 14.2. The minimum atomic E-state index is -3.41. The molecule has 1 saturated carbocycles. The lowest BCUT2D eigenvalue weighted by Gasteiger charge is -2.42. The highest BCUT2D eigenvalue weighted by molar-refractivity contribution is 7.88. The Bertz CT molecular complexity index is 791. The van der Waals surface area contributed by atoms with E-state index in [4.69, 9.17) is 4.74 Å². The fourth-order valence-electron chi connectivity index (χ4n) is 4.71. The number of ether oxygens (including phenoxy) is 1. The summed E-state index contributed by atoms with van der Waals surface area (Å²) >= 11 is 0. The fourth-order valence-corrected chi connectivity index (χ4v) is 5.54. The molecule has 1 saturated heterocycles. The van der Waals surface area contributed by atoms with Crippen molar-refractivity contribution in [1.29, 1.82) is 0 Å². The van der Waals surface area contributed by atoms with Crippen molar-refractivity contribution >= 4 is 15.9 Å². The number of likely N-dealkylation sites (tertiary alicyclic amines) is 1. The minimum Gasteiger partial charge on any atom is -0.384 e. The van der Waals surface area contributed by atoms with Crippen molar-refractivity contribution in [2.45, 2.75) is 75.7 Å². The van der Waals surface area contributed by atoms with Crippen molar-refractivity contribution in [1.82, 2.24) is 9.62 Å². The molecule has 0 bridgehead atoms. The van der Waals surface area contributed by atoms with Gasteiger partial charge >= 0.3 is 0 Å². The molecule has 8 heteroatoms. The maximum atomic E-state index is 12.5. The largest absolute Gasteiger partial charge is 0.384 e. The number of nitrogens with zero attached hydrogens (tertiary/aromatic N) is 1. The van der Waals surface area contributed by atoms with Crippen LogP contribution in [0.5, 0.6) is 0 Å². The van der Waals surface area contributed by atoms with E-state index >= 15 is 0 Å². The SMILES string of the molecule is C[C@H](O)C(=O)N1CCC[C@H](NS(C)(=O)=O)[C@@H]1COC1CCC(c2ccccc2)CC1.